The van der Waals surface area contributed by atoms with Crippen molar-refractivity contribution in [3.8, 4) is 0 Å². The molecule has 2 atom stereocenters. The van der Waals surface area contributed by atoms with E-state index in [1.165, 1.54) is 16.2 Å². The van der Waals surface area contributed by atoms with E-state index in [0.29, 0.717) is 5.92 Å². The van der Waals surface area contributed by atoms with Gasteiger partial charge in [-0.1, -0.05) is 24.3 Å². The van der Waals surface area contributed by atoms with E-state index >= 15 is 0 Å². The number of rotatable bonds is 4. The third kappa shape index (κ3) is 2.82. The van der Waals surface area contributed by atoms with Gasteiger partial charge in [0.25, 0.3) is 0 Å². The number of benzene rings is 1. The summed E-state index contributed by atoms with van der Waals surface area (Å²) < 4.78 is 0. The predicted octanol–water partition coefficient (Wildman–Crippen LogP) is 3.23. The van der Waals surface area contributed by atoms with Gasteiger partial charge in [0.15, 0.2) is 0 Å². The van der Waals surface area contributed by atoms with Crippen LogP contribution in [-0.4, -0.2) is 16.8 Å². The van der Waals surface area contributed by atoms with Crippen molar-refractivity contribution < 1.29 is 0 Å². The minimum atomic E-state index is 0.182. The zero-order valence-corrected chi connectivity index (χ0v) is 11.6. The van der Waals surface area contributed by atoms with Gasteiger partial charge in [-0.2, -0.15) is 0 Å². The molecule has 3 heteroatoms. The largest absolute Gasteiger partial charge is 0.326 e. The topological polar surface area (TPSA) is 38.9 Å². The first-order valence-corrected chi connectivity index (χ1v) is 7.70. The van der Waals surface area contributed by atoms with Gasteiger partial charge in [-0.3, -0.25) is 4.98 Å². The van der Waals surface area contributed by atoms with Crippen LogP contribution in [0.2, 0.25) is 0 Å². The molecule has 1 aliphatic carbocycles. The van der Waals surface area contributed by atoms with Crippen LogP contribution in [0.1, 0.15) is 23.6 Å². The van der Waals surface area contributed by atoms with Crippen LogP contribution >= 0.6 is 11.8 Å². The number of thioether (sulfide) groups is 1. The van der Waals surface area contributed by atoms with Gasteiger partial charge >= 0.3 is 0 Å². The summed E-state index contributed by atoms with van der Waals surface area (Å²) in [6.07, 6.45) is 4.15. The van der Waals surface area contributed by atoms with Crippen LogP contribution in [0.5, 0.6) is 0 Å². The summed E-state index contributed by atoms with van der Waals surface area (Å²) in [5.41, 5.74) is 8.99. The number of nitrogens with zero attached hydrogens (tertiary/aromatic N) is 1. The second-order valence-electron chi connectivity index (χ2n) is 4.98. The van der Waals surface area contributed by atoms with Crippen LogP contribution in [0.3, 0.4) is 0 Å². The van der Waals surface area contributed by atoms with Crippen molar-refractivity contribution in [2.75, 3.05) is 5.75 Å². The molecule has 2 unspecified atom stereocenters. The summed E-state index contributed by atoms with van der Waals surface area (Å²) >= 11 is 1.84. The number of fused-ring (bicyclic) bond motifs is 1. The second kappa shape index (κ2) is 5.76. The first-order chi connectivity index (χ1) is 9.34. The van der Waals surface area contributed by atoms with Crippen LogP contribution in [0.25, 0.3) is 0 Å². The van der Waals surface area contributed by atoms with Gasteiger partial charge in [0, 0.05) is 34.5 Å². The molecule has 1 aliphatic rings. The zero-order chi connectivity index (χ0) is 13.1. The van der Waals surface area contributed by atoms with E-state index in [1.54, 1.807) is 0 Å². The number of nitrogens with two attached hydrogens (primary N) is 1. The molecule has 2 N–H and O–H groups in total. The van der Waals surface area contributed by atoms with Gasteiger partial charge in [-0.05, 0) is 36.6 Å². The van der Waals surface area contributed by atoms with Crippen molar-refractivity contribution in [2.45, 2.75) is 29.7 Å². The van der Waals surface area contributed by atoms with Crippen LogP contribution in [0, 0.1) is 0 Å². The fourth-order valence-electron chi connectivity index (χ4n) is 2.69. The lowest BCUT2D eigenvalue weighted by Gasteiger charge is -2.19. The van der Waals surface area contributed by atoms with Crippen molar-refractivity contribution >= 4 is 11.8 Å². The Balaban J connectivity index is 1.64. The molecule has 0 radical (unpaired) electrons. The molecular weight excluding hydrogens is 252 g/mol. The molecule has 0 fully saturated rings. The zero-order valence-electron chi connectivity index (χ0n) is 10.8. The molecule has 0 bridgehead atoms. The molecular formula is C16H18N2S. The SMILES string of the molecule is NC(CSc1ccccc1)C1CCc2cccnc21. The van der Waals surface area contributed by atoms with Crippen molar-refractivity contribution in [3.63, 3.8) is 0 Å². The van der Waals surface area contributed by atoms with Gasteiger partial charge in [-0.25, -0.2) is 0 Å². The van der Waals surface area contributed by atoms with Gasteiger partial charge in [0.2, 0.25) is 0 Å². The highest BCUT2D eigenvalue weighted by atomic mass is 32.2. The van der Waals surface area contributed by atoms with Crippen molar-refractivity contribution in [2.24, 2.45) is 5.73 Å². The van der Waals surface area contributed by atoms with Gasteiger partial charge in [-0.15, -0.1) is 11.8 Å². The smallest absolute Gasteiger partial charge is 0.0482 e. The molecule has 19 heavy (non-hydrogen) atoms. The number of aromatic nitrogens is 1. The molecule has 0 spiro atoms. The number of aryl methyl sites for hydroxylation is 1. The highest BCUT2D eigenvalue weighted by molar-refractivity contribution is 7.99. The predicted molar refractivity (Wildman–Crippen MR) is 80.4 cm³/mol. The van der Waals surface area contributed by atoms with Gasteiger partial charge < -0.3 is 5.73 Å². The molecule has 0 saturated carbocycles. The highest BCUT2D eigenvalue weighted by Gasteiger charge is 2.28. The third-order valence-electron chi connectivity index (χ3n) is 3.70. The Hall–Kier alpha value is -1.32. The molecule has 1 heterocycles. The molecule has 0 aliphatic heterocycles. The maximum Gasteiger partial charge on any atom is 0.0482 e. The van der Waals surface area contributed by atoms with Crippen LogP contribution in [-0.2, 0) is 6.42 Å². The fraction of sp³-hybridized carbons (Fsp3) is 0.312. The van der Waals surface area contributed by atoms with E-state index in [4.69, 9.17) is 5.73 Å². The Bertz CT molecular complexity index is 541. The Labute approximate surface area is 118 Å². The Morgan fingerprint density at radius 3 is 2.89 bits per heavy atom. The number of pyridine rings is 1. The van der Waals surface area contributed by atoms with Crippen LogP contribution in [0.15, 0.2) is 53.6 Å². The maximum atomic E-state index is 6.38. The second-order valence-corrected chi connectivity index (χ2v) is 6.07. The lowest BCUT2D eigenvalue weighted by Crippen LogP contribution is -2.30. The van der Waals surface area contributed by atoms with Crippen molar-refractivity contribution in [1.82, 2.24) is 4.98 Å². The monoisotopic (exact) mass is 270 g/mol. The average molecular weight is 270 g/mol. The summed E-state index contributed by atoms with van der Waals surface area (Å²) in [5.74, 6) is 1.37. The van der Waals surface area contributed by atoms with Gasteiger partial charge in [0.05, 0.1) is 0 Å². The standard InChI is InChI=1S/C16H18N2S/c17-15(11-19-13-6-2-1-3-7-13)14-9-8-12-5-4-10-18-16(12)14/h1-7,10,14-15H,8-9,11,17H2. The summed E-state index contributed by atoms with van der Waals surface area (Å²) in [6.45, 7) is 0. The first-order valence-electron chi connectivity index (χ1n) is 6.72. The van der Waals surface area contributed by atoms with E-state index < -0.39 is 0 Å². The lowest BCUT2D eigenvalue weighted by atomic mass is 9.99. The van der Waals surface area contributed by atoms with Crippen molar-refractivity contribution in [1.29, 1.82) is 0 Å². The van der Waals surface area contributed by atoms with Gasteiger partial charge in [0.1, 0.15) is 0 Å². The fourth-order valence-corrected chi connectivity index (χ4v) is 3.65. The van der Waals surface area contributed by atoms with Crippen LogP contribution < -0.4 is 5.73 Å². The third-order valence-corrected chi connectivity index (χ3v) is 4.86. The number of hydrogen-bond acceptors (Lipinski definition) is 3. The molecule has 98 valence electrons. The van der Waals surface area contributed by atoms with E-state index in [9.17, 15) is 0 Å². The molecule has 2 nitrogen and oxygen atoms in total. The summed E-state index contributed by atoms with van der Waals surface area (Å²) in [6, 6.07) is 14.8. The molecule has 0 saturated heterocycles. The minimum absolute atomic E-state index is 0.182. The highest BCUT2D eigenvalue weighted by Crippen LogP contribution is 2.34. The van der Waals surface area contributed by atoms with E-state index in [1.807, 2.05) is 30.1 Å². The van der Waals surface area contributed by atoms with Crippen LogP contribution in [0.4, 0.5) is 0 Å². The van der Waals surface area contributed by atoms with E-state index in [-0.39, 0.29) is 6.04 Å². The number of hydrogen-bond donors (Lipinski definition) is 1. The first kappa shape index (κ1) is 12.7. The molecule has 1 aromatic heterocycles. The average Bonchev–Trinajstić information content (AvgIpc) is 2.90. The maximum absolute atomic E-state index is 6.38. The summed E-state index contributed by atoms with van der Waals surface area (Å²) in [4.78, 5) is 5.82. The van der Waals surface area contributed by atoms with E-state index in [0.717, 1.165) is 18.6 Å². The minimum Gasteiger partial charge on any atom is -0.326 e. The van der Waals surface area contributed by atoms with E-state index in [2.05, 4.69) is 35.3 Å². The molecule has 0 amide bonds. The quantitative estimate of drug-likeness (QED) is 0.867. The molecule has 1 aromatic carbocycles. The Kier molecular flexibility index (Phi) is 3.85. The normalized spacial score (nSPS) is 19.1. The Morgan fingerprint density at radius 2 is 2.05 bits per heavy atom. The molecule has 2 aromatic rings. The summed E-state index contributed by atoms with van der Waals surface area (Å²) in [7, 11) is 0. The van der Waals surface area contributed by atoms with Crippen molar-refractivity contribution in [3.05, 3.63) is 59.9 Å². The lowest BCUT2D eigenvalue weighted by molar-refractivity contribution is 0.561. The molecule has 3 rings (SSSR count). The summed E-state index contributed by atoms with van der Waals surface area (Å²) in [5, 5.41) is 0. The Morgan fingerprint density at radius 1 is 1.21 bits per heavy atom.